The molecular weight excluding hydrogens is 194 g/mol. The topological polar surface area (TPSA) is 49.8 Å². The molecule has 2 aliphatic heterocycles. The maximum Gasteiger partial charge on any atom is 0.188 e. The number of carbonyl (C=O) groups excluding carboxylic acids is 1. The van der Waals surface area contributed by atoms with Gasteiger partial charge in [-0.25, -0.2) is 0 Å². The van der Waals surface area contributed by atoms with Crippen LogP contribution in [0.25, 0.3) is 0 Å². The molecule has 0 unspecified atom stereocenters. The van der Waals surface area contributed by atoms with Gasteiger partial charge in [0.1, 0.15) is 11.7 Å². The SMILES string of the molecule is O=C1C=C[C@H]2C[C@]1(O)[C@H]1CCCCN1O2. The Morgan fingerprint density at radius 3 is 3.27 bits per heavy atom. The molecule has 0 spiro atoms. The van der Waals surface area contributed by atoms with Crippen LogP contribution in [0.4, 0.5) is 0 Å². The number of aliphatic hydroxyl groups is 1. The fraction of sp³-hybridized carbons (Fsp3) is 0.727. The molecule has 2 heterocycles. The third kappa shape index (κ3) is 1.29. The van der Waals surface area contributed by atoms with Crippen molar-refractivity contribution in [3.8, 4) is 0 Å². The fourth-order valence-corrected chi connectivity index (χ4v) is 2.87. The van der Waals surface area contributed by atoms with Gasteiger partial charge in [-0.15, -0.1) is 0 Å². The van der Waals surface area contributed by atoms with Gasteiger partial charge in [-0.1, -0.05) is 12.5 Å². The molecule has 1 N–H and O–H groups in total. The van der Waals surface area contributed by atoms with Gasteiger partial charge in [0.25, 0.3) is 0 Å². The van der Waals surface area contributed by atoms with E-state index in [-0.39, 0.29) is 17.9 Å². The summed E-state index contributed by atoms with van der Waals surface area (Å²) in [7, 11) is 0. The Morgan fingerprint density at radius 1 is 1.53 bits per heavy atom. The number of piperidine rings is 1. The van der Waals surface area contributed by atoms with Gasteiger partial charge < -0.3 is 5.11 Å². The van der Waals surface area contributed by atoms with Crippen molar-refractivity contribution in [2.45, 2.75) is 43.4 Å². The first kappa shape index (κ1) is 9.51. The maximum atomic E-state index is 11.8. The molecule has 3 rings (SSSR count). The number of nitrogens with zero attached hydrogens (tertiary/aromatic N) is 1. The van der Waals surface area contributed by atoms with E-state index in [9.17, 15) is 9.90 Å². The number of hydroxylamine groups is 2. The van der Waals surface area contributed by atoms with Crippen molar-refractivity contribution in [3.05, 3.63) is 12.2 Å². The summed E-state index contributed by atoms with van der Waals surface area (Å²) in [5.74, 6) is -0.154. The molecule has 4 nitrogen and oxygen atoms in total. The zero-order chi connectivity index (χ0) is 10.5. The summed E-state index contributed by atoms with van der Waals surface area (Å²) in [5, 5.41) is 12.3. The summed E-state index contributed by atoms with van der Waals surface area (Å²) in [6, 6.07) is -0.139. The number of ketones is 1. The van der Waals surface area contributed by atoms with Gasteiger partial charge >= 0.3 is 0 Å². The van der Waals surface area contributed by atoms with Crippen LogP contribution in [-0.4, -0.2) is 40.2 Å². The standard InChI is InChI=1S/C11H15NO3/c13-10-5-4-8-7-11(10,14)9-3-1-2-6-12(9)15-8/h4-5,8-9,14H,1-3,6-7H2/t8-,9+,11-/m0/s1. The van der Waals surface area contributed by atoms with E-state index in [4.69, 9.17) is 4.84 Å². The summed E-state index contributed by atoms with van der Waals surface area (Å²) in [6.45, 7) is 0.824. The molecule has 15 heavy (non-hydrogen) atoms. The first-order valence-electron chi connectivity index (χ1n) is 5.58. The Morgan fingerprint density at radius 2 is 2.40 bits per heavy atom. The van der Waals surface area contributed by atoms with Gasteiger partial charge in [-0.3, -0.25) is 9.63 Å². The lowest BCUT2D eigenvalue weighted by molar-refractivity contribution is -0.292. The maximum absolute atomic E-state index is 11.8. The quantitative estimate of drug-likeness (QED) is 0.628. The highest BCUT2D eigenvalue weighted by molar-refractivity contribution is 5.98. The van der Waals surface area contributed by atoms with E-state index in [0.29, 0.717) is 6.42 Å². The Hall–Kier alpha value is -0.710. The minimum Gasteiger partial charge on any atom is -0.380 e. The smallest absolute Gasteiger partial charge is 0.188 e. The minimum atomic E-state index is -1.20. The fourth-order valence-electron chi connectivity index (χ4n) is 2.87. The molecule has 0 saturated carbocycles. The van der Waals surface area contributed by atoms with E-state index < -0.39 is 5.60 Å². The average molecular weight is 209 g/mol. The largest absolute Gasteiger partial charge is 0.380 e. The van der Waals surface area contributed by atoms with Crippen LogP contribution in [0.5, 0.6) is 0 Å². The molecule has 0 aromatic carbocycles. The van der Waals surface area contributed by atoms with E-state index in [1.54, 1.807) is 6.08 Å². The van der Waals surface area contributed by atoms with Crippen LogP contribution in [0, 0.1) is 0 Å². The predicted molar refractivity (Wildman–Crippen MR) is 52.9 cm³/mol. The van der Waals surface area contributed by atoms with Gasteiger partial charge in [0, 0.05) is 13.0 Å². The first-order valence-corrected chi connectivity index (χ1v) is 5.58. The normalized spacial score (nSPS) is 45.3. The number of hydrogen-bond acceptors (Lipinski definition) is 4. The zero-order valence-corrected chi connectivity index (χ0v) is 8.56. The number of rotatable bonds is 0. The highest BCUT2D eigenvalue weighted by Gasteiger charge is 2.53. The van der Waals surface area contributed by atoms with Crippen molar-refractivity contribution >= 4 is 5.78 Å². The highest BCUT2D eigenvalue weighted by atomic mass is 16.7. The van der Waals surface area contributed by atoms with E-state index in [1.165, 1.54) is 6.08 Å². The molecule has 0 radical (unpaired) electrons. The van der Waals surface area contributed by atoms with E-state index in [2.05, 4.69) is 0 Å². The minimum absolute atomic E-state index is 0.123. The second-order valence-corrected chi connectivity index (χ2v) is 4.65. The third-order valence-corrected chi connectivity index (χ3v) is 3.68. The van der Waals surface area contributed by atoms with Crippen LogP contribution in [0.15, 0.2) is 12.2 Å². The molecule has 4 heteroatoms. The summed E-state index contributed by atoms with van der Waals surface area (Å²) in [5.41, 5.74) is -1.20. The van der Waals surface area contributed by atoms with Crippen molar-refractivity contribution in [1.82, 2.24) is 5.06 Å². The molecule has 1 aliphatic carbocycles. The lowest BCUT2D eigenvalue weighted by Gasteiger charge is -2.50. The summed E-state index contributed by atoms with van der Waals surface area (Å²) < 4.78 is 0. The molecular formula is C11H15NO3. The lowest BCUT2D eigenvalue weighted by Crippen LogP contribution is -2.65. The Balaban J connectivity index is 1.98. The second-order valence-electron chi connectivity index (χ2n) is 4.65. The van der Waals surface area contributed by atoms with Crippen LogP contribution in [-0.2, 0) is 9.63 Å². The van der Waals surface area contributed by atoms with Gasteiger partial charge in [0.15, 0.2) is 5.78 Å². The molecule has 3 aliphatic rings. The zero-order valence-electron chi connectivity index (χ0n) is 8.56. The number of fused-ring (bicyclic) bond motifs is 4. The van der Waals surface area contributed by atoms with E-state index >= 15 is 0 Å². The van der Waals surface area contributed by atoms with Crippen molar-refractivity contribution in [1.29, 1.82) is 0 Å². The summed E-state index contributed by atoms with van der Waals surface area (Å²) in [4.78, 5) is 17.5. The predicted octanol–water partition coefficient (Wildman–Crippen LogP) is 0.415. The number of carbonyl (C=O) groups is 1. The number of hydrogen-bond donors (Lipinski definition) is 1. The average Bonchev–Trinajstić information content (AvgIpc) is 2.24. The van der Waals surface area contributed by atoms with Crippen LogP contribution < -0.4 is 0 Å². The van der Waals surface area contributed by atoms with Crippen molar-refractivity contribution in [3.63, 3.8) is 0 Å². The summed E-state index contributed by atoms with van der Waals surface area (Å²) >= 11 is 0. The molecule has 0 amide bonds. The van der Waals surface area contributed by atoms with Crippen LogP contribution in [0.1, 0.15) is 25.7 Å². The van der Waals surface area contributed by atoms with Gasteiger partial charge in [0.05, 0.1) is 6.04 Å². The Bertz CT molecular complexity index is 328. The lowest BCUT2D eigenvalue weighted by atomic mass is 9.76. The molecule has 2 bridgehead atoms. The Labute approximate surface area is 88.5 Å². The van der Waals surface area contributed by atoms with E-state index in [0.717, 1.165) is 25.8 Å². The first-order chi connectivity index (χ1) is 7.20. The second kappa shape index (κ2) is 3.14. The molecule has 2 saturated heterocycles. The van der Waals surface area contributed by atoms with Gasteiger partial charge in [-0.05, 0) is 18.9 Å². The molecule has 0 aromatic rings. The van der Waals surface area contributed by atoms with Crippen molar-refractivity contribution in [2.24, 2.45) is 0 Å². The highest BCUT2D eigenvalue weighted by Crippen LogP contribution is 2.38. The Kier molecular flexibility index (Phi) is 1.99. The monoisotopic (exact) mass is 209 g/mol. The molecule has 3 atom stereocenters. The summed E-state index contributed by atoms with van der Waals surface area (Å²) in [6.07, 6.45) is 6.52. The van der Waals surface area contributed by atoms with Crippen LogP contribution in [0.2, 0.25) is 0 Å². The molecule has 82 valence electrons. The van der Waals surface area contributed by atoms with Crippen molar-refractivity contribution in [2.75, 3.05) is 6.54 Å². The van der Waals surface area contributed by atoms with Crippen LogP contribution in [0.3, 0.4) is 0 Å². The third-order valence-electron chi connectivity index (χ3n) is 3.68. The van der Waals surface area contributed by atoms with Crippen LogP contribution >= 0.6 is 0 Å². The molecule has 2 fully saturated rings. The molecule has 0 aromatic heterocycles. The van der Waals surface area contributed by atoms with Crippen molar-refractivity contribution < 1.29 is 14.7 Å². The van der Waals surface area contributed by atoms with Gasteiger partial charge in [-0.2, -0.15) is 5.06 Å². The van der Waals surface area contributed by atoms with Gasteiger partial charge in [0.2, 0.25) is 0 Å². The van der Waals surface area contributed by atoms with E-state index in [1.807, 2.05) is 5.06 Å².